The van der Waals surface area contributed by atoms with Crippen LogP contribution in [0.4, 0.5) is 5.69 Å². The quantitative estimate of drug-likeness (QED) is 0.831. The summed E-state index contributed by atoms with van der Waals surface area (Å²) < 4.78 is 12.5. The lowest BCUT2D eigenvalue weighted by Gasteiger charge is -2.26. The van der Waals surface area contributed by atoms with E-state index in [-0.39, 0.29) is 12.0 Å². The number of hydrogen-bond donors (Lipinski definition) is 0. The minimum Gasteiger partial charge on any atom is -0.348 e. The van der Waals surface area contributed by atoms with Gasteiger partial charge in [-0.3, -0.25) is 4.79 Å². The molecule has 0 bridgehead atoms. The van der Waals surface area contributed by atoms with Gasteiger partial charge >= 0.3 is 0 Å². The Labute approximate surface area is 134 Å². The van der Waals surface area contributed by atoms with E-state index in [9.17, 15) is 4.79 Å². The molecule has 1 aliphatic rings. The van der Waals surface area contributed by atoms with Crippen LogP contribution < -0.4 is 4.90 Å². The minimum atomic E-state index is -0.571. The molecule has 1 atom stereocenters. The van der Waals surface area contributed by atoms with Gasteiger partial charge in [0.25, 0.3) is 0 Å². The van der Waals surface area contributed by atoms with Crippen molar-refractivity contribution >= 4 is 27.5 Å². The smallest absolute Gasteiger partial charge is 0.223 e. The third kappa shape index (κ3) is 3.84. The lowest BCUT2D eigenvalue weighted by atomic mass is 10.1. The third-order valence-corrected chi connectivity index (χ3v) is 4.82. The Morgan fingerprint density at radius 2 is 1.95 bits per heavy atom. The molecular weight excluding hydrogens is 334 g/mol. The fraction of sp³-hybridized carbons (Fsp3) is 0.562. The van der Waals surface area contributed by atoms with Gasteiger partial charge < -0.3 is 14.4 Å². The number of hydrogen-bond acceptors (Lipinski definition) is 3. The summed E-state index contributed by atoms with van der Waals surface area (Å²) in [6, 6.07) is 4.03. The van der Waals surface area contributed by atoms with E-state index in [0.29, 0.717) is 13.2 Å². The van der Waals surface area contributed by atoms with Crippen LogP contribution in [0.5, 0.6) is 0 Å². The summed E-state index contributed by atoms with van der Waals surface area (Å²) in [5.41, 5.74) is 3.12. The molecule has 21 heavy (non-hydrogen) atoms. The maximum absolute atomic E-state index is 12.0. The van der Waals surface area contributed by atoms with Crippen LogP contribution in [0.15, 0.2) is 16.6 Å². The molecule has 1 aliphatic heterocycles. The van der Waals surface area contributed by atoms with E-state index >= 15 is 0 Å². The standard InChI is InChI=1S/C16H22BrNO3/c1-10-6-13(7-11(2)15(10)17)18(12(3)19)8-14-9-20-16(4,5)21-14/h6-7,14H,8-9H2,1-5H3/t14-/m0/s1. The molecule has 116 valence electrons. The van der Waals surface area contributed by atoms with Crippen LogP contribution in [0.25, 0.3) is 0 Å². The first-order valence-corrected chi connectivity index (χ1v) is 7.85. The summed E-state index contributed by atoms with van der Waals surface area (Å²) >= 11 is 3.55. The molecule has 0 radical (unpaired) electrons. The van der Waals surface area contributed by atoms with Gasteiger partial charge in [0.15, 0.2) is 5.79 Å². The van der Waals surface area contributed by atoms with Gasteiger partial charge in [-0.2, -0.15) is 0 Å². The van der Waals surface area contributed by atoms with Crippen LogP contribution in [0.1, 0.15) is 31.9 Å². The maximum Gasteiger partial charge on any atom is 0.223 e. The Bertz CT molecular complexity index is 533. The first kappa shape index (κ1) is 16.5. The summed E-state index contributed by atoms with van der Waals surface area (Å²) in [6.07, 6.45) is -0.104. The monoisotopic (exact) mass is 355 g/mol. The number of halogens is 1. The van der Waals surface area contributed by atoms with Crippen molar-refractivity contribution < 1.29 is 14.3 Å². The number of carbonyl (C=O) groups excluding carboxylic acids is 1. The van der Waals surface area contributed by atoms with Crippen LogP contribution >= 0.6 is 15.9 Å². The lowest BCUT2D eigenvalue weighted by molar-refractivity contribution is -0.138. The predicted molar refractivity (Wildman–Crippen MR) is 86.5 cm³/mol. The van der Waals surface area contributed by atoms with E-state index in [1.54, 1.807) is 11.8 Å². The third-order valence-electron chi connectivity index (χ3n) is 3.57. The molecule has 2 rings (SSSR count). The Hall–Kier alpha value is -0.910. The van der Waals surface area contributed by atoms with Crippen LogP contribution in [0, 0.1) is 13.8 Å². The molecule has 1 fully saturated rings. The molecule has 0 saturated carbocycles. The molecule has 4 nitrogen and oxygen atoms in total. The van der Waals surface area contributed by atoms with Gasteiger partial charge in [-0.1, -0.05) is 15.9 Å². The second kappa shape index (κ2) is 6.07. The molecule has 1 amide bonds. The number of benzene rings is 1. The maximum atomic E-state index is 12.0. The van der Waals surface area contributed by atoms with Gasteiger partial charge in [0.05, 0.1) is 13.2 Å². The Morgan fingerprint density at radius 3 is 2.38 bits per heavy atom. The summed E-state index contributed by atoms with van der Waals surface area (Å²) in [4.78, 5) is 13.8. The zero-order chi connectivity index (χ0) is 15.8. The van der Waals surface area contributed by atoms with Crippen molar-refractivity contribution in [2.45, 2.75) is 46.5 Å². The van der Waals surface area contributed by atoms with Crippen molar-refractivity contribution in [3.63, 3.8) is 0 Å². The van der Waals surface area contributed by atoms with Crippen LogP contribution in [0.3, 0.4) is 0 Å². The number of anilines is 1. The zero-order valence-corrected chi connectivity index (χ0v) is 14.8. The zero-order valence-electron chi connectivity index (χ0n) is 13.2. The molecule has 0 N–H and O–H groups in total. The van der Waals surface area contributed by atoms with E-state index in [0.717, 1.165) is 21.3 Å². The molecule has 0 aromatic heterocycles. The Kier molecular flexibility index (Phi) is 4.76. The van der Waals surface area contributed by atoms with Gasteiger partial charge in [0.1, 0.15) is 6.10 Å². The van der Waals surface area contributed by atoms with Crippen molar-refractivity contribution in [1.82, 2.24) is 0 Å². The fourth-order valence-corrected chi connectivity index (χ4v) is 2.78. The summed E-state index contributed by atoms with van der Waals surface area (Å²) in [6.45, 7) is 10.4. The minimum absolute atomic E-state index is 0.00410. The van der Waals surface area contributed by atoms with Crippen molar-refractivity contribution in [2.75, 3.05) is 18.1 Å². The topological polar surface area (TPSA) is 38.8 Å². The van der Waals surface area contributed by atoms with E-state index < -0.39 is 5.79 Å². The molecule has 0 unspecified atom stereocenters. The molecule has 1 aromatic rings. The first-order chi connectivity index (χ1) is 9.69. The van der Waals surface area contributed by atoms with Crippen LogP contribution in [-0.2, 0) is 14.3 Å². The Balaban J connectivity index is 2.22. The molecule has 0 aliphatic carbocycles. The lowest BCUT2D eigenvalue weighted by Crippen LogP contribution is -2.38. The van der Waals surface area contributed by atoms with E-state index in [1.807, 2.05) is 39.8 Å². The molecule has 1 heterocycles. The fourth-order valence-electron chi connectivity index (χ4n) is 2.55. The van der Waals surface area contributed by atoms with Gasteiger partial charge in [-0.25, -0.2) is 0 Å². The number of carbonyl (C=O) groups is 1. The summed E-state index contributed by atoms with van der Waals surface area (Å²) in [5, 5.41) is 0. The Morgan fingerprint density at radius 1 is 1.38 bits per heavy atom. The molecule has 5 heteroatoms. The number of rotatable bonds is 3. The number of amides is 1. The molecular formula is C16H22BrNO3. The van der Waals surface area contributed by atoms with Crippen molar-refractivity contribution in [2.24, 2.45) is 0 Å². The normalized spacial score (nSPS) is 20.6. The molecule has 1 saturated heterocycles. The average Bonchev–Trinajstić information content (AvgIpc) is 2.71. The van der Waals surface area contributed by atoms with Crippen molar-refractivity contribution in [3.8, 4) is 0 Å². The molecule has 1 aromatic carbocycles. The average molecular weight is 356 g/mol. The number of nitrogens with zero attached hydrogens (tertiary/aromatic N) is 1. The summed E-state index contributed by atoms with van der Waals surface area (Å²) in [5.74, 6) is -0.567. The first-order valence-electron chi connectivity index (χ1n) is 7.06. The highest BCUT2D eigenvalue weighted by molar-refractivity contribution is 9.10. The second-order valence-corrected chi connectivity index (χ2v) is 6.77. The van der Waals surface area contributed by atoms with E-state index in [1.165, 1.54) is 0 Å². The van der Waals surface area contributed by atoms with Gasteiger partial charge in [-0.15, -0.1) is 0 Å². The van der Waals surface area contributed by atoms with Crippen molar-refractivity contribution in [1.29, 1.82) is 0 Å². The van der Waals surface area contributed by atoms with Gasteiger partial charge in [0.2, 0.25) is 5.91 Å². The highest BCUT2D eigenvalue weighted by Crippen LogP contribution is 2.29. The van der Waals surface area contributed by atoms with Gasteiger partial charge in [-0.05, 0) is 51.0 Å². The van der Waals surface area contributed by atoms with E-state index in [4.69, 9.17) is 9.47 Å². The number of ether oxygens (including phenoxy) is 2. The highest BCUT2D eigenvalue weighted by atomic mass is 79.9. The van der Waals surface area contributed by atoms with Gasteiger partial charge in [0, 0.05) is 17.1 Å². The second-order valence-electron chi connectivity index (χ2n) is 5.97. The predicted octanol–water partition coefficient (Wildman–Crippen LogP) is 3.57. The molecule has 0 spiro atoms. The number of aryl methyl sites for hydroxylation is 2. The van der Waals surface area contributed by atoms with Crippen LogP contribution in [-0.4, -0.2) is 30.9 Å². The van der Waals surface area contributed by atoms with Crippen LogP contribution in [0.2, 0.25) is 0 Å². The van der Waals surface area contributed by atoms with Crippen molar-refractivity contribution in [3.05, 3.63) is 27.7 Å². The summed E-state index contributed by atoms with van der Waals surface area (Å²) in [7, 11) is 0. The highest BCUT2D eigenvalue weighted by Gasteiger charge is 2.34. The SMILES string of the molecule is CC(=O)N(C[C@H]1COC(C)(C)O1)c1cc(C)c(Br)c(C)c1. The largest absolute Gasteiger partial charge is 0.348 e. The van der Waals surface area contributed by atoms with E-state index in [2.05, 4.69) is 15.9 Å².